The van der Waals surface area contributed by atoms with Gasteiger partial charge in [0.05, 0.1) is 24.6 Å². The average Bonchev–Trinajstić information content (AvgIpc) is 2.99. The minimum atomic E-state index is -0.134. The van der Waals surface area contributed by atoms with E-state index in [2.05, 4.69) is 15.1 Å². The number of fused-ring (bicyclic) bond motifs is 3. The summed E-state index contributed by atoms with van der Waals surface area (Å²) in [7, 11) is 0. The first-order valence-corrected chi connectivity index (χ1v) is 11.3. The third kappa shape index (κ3) is 4.24. The molecule has 1 fully saturated rings. The molecular weight excluding hydrogens is 426 g/mol. The molecule has 32 heavy (non-hydrogen) atoms. The van der Waals surface area contributed by atoms with Crippen LogP contribution in [0.4, 0.5) is 0 Å². The second kappa shape index (κ2) is 9.32. The smallest absolute Gasteiger partial charge is 0.280 e. The number of aromatic nitrogens is 3. The Morgan fingerprint density at radius 3 is 2.66 bits per heavy atom. The SMILES string of the molecule is O=c1c(CCCN2CCOCC2)nnc2n1-c1ccc(Cl)cc1C(c1ccccc1)=NC2. The minimum absolute atomic E-state index is 0.134. The first kappa shape index (κ1) is 21.0. The minimum Gasteiger partial charge on any atom is -0.379 e. The van der Waals surface area contributed by atoms with Crippen molar-refractivity contribution in [3.63, 3.8) is 0 Å². The summed E-state index contributed by atoms with van der Waals surface area (Å²) < 4.78 is 7.06. The third-order valence-electron chi connectivity index (χ3n) is 5.87. The van der Waals surface area contributed by atoms with Crippen molar-refractivity contribution in [2.45, 2.75) is 19.4 Å². The zero-order chi connectivity index (χ0) is 21.9. The van der Waals surface area contributed by atoms with E-state index in [4.69, 9.17) is 21.3 Å². The van der Waals surface area contributed by atoms with Crippen LogP contribution in [0.25, 0.3) is 5.69 Å². The second-order valence-electron chi connectivity index (χ2n) is 7.95. The van der Waals surface area contributed by atoms with Gasteiger partial charge in [0.25, 0.3) is 5.56 Å². The molecule has 0 spiro atoms. The summed E-state index contributed by atoms with van der Waals surface area (Å²) >= 11 is 6.34. The van der Waals surface area contributed by atoms with Crippen LogP contribution in [0.3, 0.4) is 0 Å². The highest BCUT2D eigenvalue weighted by Gasteiger charge is 2.23. The summed E-state index contributed by atoms with van der Waals surface area (Å²) in [4.78, 5) is 20.6. The highest BCUT2D eigenvalue weighted by Crippen LogP contribution is 2.26. The molecule has 0 bridgehead atoms. The van der Waals surface area contributed by atoms with Crippen molar-refractivity contribution in [3.8, 4) is 5.69 Å². The molecule has 7 nitrogen and oxygen atoms in total. The summed E-state index contributed by atoms with van der Waals surface area (Å²) in [6.45, 7) is 4.59. The molecule has 164 valence electrons. The van der Waals surface area contributed by atoms with Crippen LogP contribution in [0.5, 0.6) is 0 Å². The van der Waals surface area contributed by atoms with E-state index >= 15 is 0 Å². The molecule has 1 aromatic heterocycles. The van der Waals surface area contributed by atoms with E-state index in [1.807, 2.05) is 42.5 Å². The first-order chi connectivity index (χ1) is 15.7. The molecule has 2 aliphatic heterocycles. The number of hydrogen-bond donors (Lipinski definition) is 0. The van der Waals surface area contributed by atoms with Gasteiger partial charge in [-0.25, -0.2) is 0 Å². The Balaban J connectivity index is 1.49. The highest BCUT2D eigenvalue weighted by atomic mass is 35.5. The summed E-state index contributed by atoms with van der Waals surface area (Å²) in [6, 6.07) is 15.4. The first-order valence-electron chi connectivity index (χ1n) is 10.9. The fourth-order valence-corrected chi connectivity index (χ4v) is 4.40. The molecule has 3 heterocycles. The maximum absolute atomic E-state index is 13.5. The monoisotopic (exact) mass is 449 g/mol. The van der Waals surface area contributed by atoms with Crippen molar-refractivity contribution in [3.05, 3.63) is 86.6 Å². The molecule has 0 amide bonds. The van der Waals surface area contributed by atoms with Crippen molar-refractivity contribution in [2.24, 2.45) is 4.99 Å². The van der Waals surface area contributed by atoms with Gasteiger partial charge in [0.1, 0.15) is 12.2 Å². The highest BCUT2D eigenvalue weighted by molar-refractivity contribution is 6.31. The largest absolute Gasteiger partial charge is 0.379 e. The number of aliphatic imine (C=N–C) groups is 1. The fraction of sp³-hybridized carbons (Fsp3) is 0.333. The van der Waals surface area contributed by atoms with E-state index in [-0.39, 0.29) is 12.1 Å². The third-order valence-corrected chi connectivity index (χ3v) is 6.10. The van der Waals surface area contributed by atoms with Crippen molar-refractivity contribution in [2.75, 3.05) is 32.8 Å². The molecule has 8 heteroatoms. The predicted octanol–water partition coefficient (Wildman–Crippen LogP) is 2.90. The Kier molecular flexibility index (Phi) is 6.12. The molecule has 0 radical (unpaired) electrons. The lowest BCUT2D eigenvalue weighted by atomic mass is 10.0. The Labute approximate surface area is 191 Å². The molecule has 0 unspecified atom stereocenters. The van der Waals surface area contributed by atoms with Crippen LogP contribution in [0.15, 0.2) is 58.3 Å². The summed E-state index contributed by atoms with van der Waals surface area (Å²) in [5.41, 5.74) is 3.66. The van der Waals surface area contributed by atoms with Gasteiger partial charge in [0, 0.05) is 29.2 Å². The molecule has 1 saturated heterocycles. The number of halogens is 1. The number of ether oxygens (including phenoxy) is 1. The number of hydrogen-bond acceptors (Lipinski definition) is 6. The molecule has 2 aromatic carbocycles. The van der Waals surface area contributed by atoms with Gasteiger partial charge in [-0.3, -0.25) is 19.3 Å². The van der Waals surface area contributed by atoms with Gasteiger partial charge >= 0.3 is 0 Å². The van der Waals surface area contributed by atoms with Crippen LogP contribution < -0.4 is 5.56 Å². The molecule has 5 rings (SSSR count). The van der Waals surface area contributed by atoms with E-state index in [9.17, 15) is 4.79 Å². The van der Waals surface area contributed by atoms with Crippen molar-refractivity contribution < 1.29 is 4.74 Å². The lowest BCUT2D eigenvalue weighted by molar-refractivity contribution is 0.0374. The predicted molar refractivity (Wildman–Crippen MR) is 124 cm³/mol. The molecular formula is C24H24ClN5O2. The molecule has 0 saturated carbocycles. The van der Waals surface area contributed by atoms with E-state index in [0.29, 0.717) is 23.0 Å². The quantitative estimate of drug-likeness (QED) is 0.599. The lowest BCUT2D eigenvalue weighted by Gasteiger charge is -2.26. The van der Waals surface area contributed by atoms with Crippen molar-refractivity contribution in [1.82, 2.24) is 19.7 Å². The van der Waals surface area contributed by atoms with E-state index < -0.39 is 0 Å². The van der Waals surface area contributed by atoms with Crippen LogP contribution in [0, 0.1) is 0 Å². The number of morpholine rings is 1. The maximum Gasteiger partial charge on any atom is 0.280 e. The normalized spacial score (nSPS) is 16.1. The van der Waals surface area contributed by atoms with Gasteiger partial charge in [-0.15, -0.1) is 10.2 Å². The van der Waals surface area contributed by atoms with Gasteiger partial charge in [-0.2, -0.15) is 0 Å². The molecule has 0 aliphatic carbocycles. The van der Waals surface area contributed by atoms with Gasteiger partial charge in [0.2, 0.25) is 0 Å². The number of rotatable bonds is 5. The zero-order valence-corrected chi connectivity index (χ0v) is 18.5. The van der Waals surface area contributed by atoms with Crippen LogP contribution in [0.1, 0.15) is 29.1 Å². The van der Waals surface area contributed by atoms with Gasteiger partial charge < -0.3 is 4.74 Å². The number of aryl methyl sites for hydroxylation is 1. The fourth-order valence-electron chi connectivity index (χ4n) is 4.23. The maximum atomic E-state index is 13.5. The summed E-state index contributed by atoms with van der Waals surface area (Å²) in [6.07, 6.45) is 1.43. The van der Waals surface area contributed by atoms with Crippen LogP contribution >= 0.6 is 11.6 Å². The van der Waals surface area contributed by atoms with Crippen molar-refractivity contribution >= 4 is 17.3 Å². The summed E-state index contributed by atoms with van der Waals surface area (Å²) in [5.74, 6) is 0.529. The Bertz CT molecular complexity index is 1200. The molecule has 3 aromatic rings. The average molecular weight is 450 g/mol. The van der Waals surface area contributed by atoms with Crippen LogP contribution in [-0.2, 0) is 17.7 Å². The Hall–Kier alpha value is -2.87. The van der Waals surface area contributed by atoms with Crippen molar-refractivity contribution in [1.29, 1.82) is 0 Å². The van der Waals surface area contributed by atoms with Crippen LogP contribution in [0.2, 0.25) is 5.02 Å². The topological polar surface area (TPSA) is 72.6 Å². The van der Waals surface area contributed by atoms with E-state index in [0.717, 1.165) is 61.8 Å². The Morgan fingerprint density at radius 1 is 1.03 bits per heavy atom. The Morgan fingerprint density at radius 2 is 1.84 bits per heavy atom. The number of nitrogens with zero attached hydrogens (tertiary/aromatic N) is 5. The summed E-state index contributed by atoms with van der Waals surface area (Å²) in [5, 5.41) is 9.27. The van der Waals surface area contributed by atoms with Gasteiger partial charge in [0.15, 0.2) is 5.82 Å². The second-order valence-corrected chi connectivity index (χ2v) is 8.39. The standard InChI is InChI=1S/C24H24ClN5O2/c25-18-8-9-21-19(15-18)23(17-5-2-1-3-6-17)26-16-22-28-27-20(24(31)30(21)22)7-4-10-29-11-13-32-14-12-29/h1-3,5-6,8-9,15H,4,7,10-14,16H2. The molecule has 2 aliphatic rings. The van der Waals surface area contributed by atoms with E-state index in [1.54, 1.807) is 10.6 Å². The number of benzene rings is 2. The zero-order valence-electron chi connectivity index (χ0n) is 17.7. The van der Waals surface area contributed by atoms with E-state index in [1.165, 1.54) is 0 Å². The molecule has 0 atom stereocenters. The van der Waals surface area contributed by atoms with Crippen LogP contribution in [-0.4, -0.2) is 58.2 Å². The molecule has 0 N–H and O–H groups in total. The van der Waals surface area contributed by atoms with Gasteiger partial charge in [-0.1, -0.05) is 41.9 Å². The van der Waals surface area contributed by atoms with Gasteiger partial charge in [-0.05, 0) is 37.6 Å². The lowest BCUT2D eigenvalue weighted by Crippen LogP contribution is -2.37.